The van der Waals surface area contributed by atoms with Crippen LogP contribution in [0.2, 0.25) is 0 Å². The van der Waals surface area contributed by atoms with Gasteiger partial charge in [-0.1, -0.05) is 20.8 Å². The normalized spacial score (nSPS) is 29.4. The summed E-state index contributed by atoms with van der Waals surface area (Å²) in [5.74, 6) is 1.84. The van der Waals surface area contributed by atoms with Crippen LogP contribution in [0.1, 0.15) is 59.3 Å². The highest BCUT2D eigenvalue weighted by Gasteiger charge is 2.32. The molecule has 2 rings (SSSR count). The van der Waals surface area contributed by atoms with E-state index in [-0.39, 0.29) is 0 Å². The molecule has 0 spiro atoms. The quantitative estimate of drug-likeness (QED) is 0.837. The van der Waals surface area contributed by atoms with Crippen LogP contribution in [0.3, 0.4) is 0 Å². The molecular weight excluding hydrogens is 232 g/mol. The lowest BCUT2D eigenvalue weighted by Gasteiger charge is -2.41. The summed E-state index contributed by atoms with van der Waals surface area (Å²) in [6, 6.07) is 0. The minimum absolute atomic E-state index is 0.614. The molecule has 0 aromatic rings. The monoisotopic (exact) mass is 266 g/mol. The molecule has 0 aliphatic carbocycles. The number of nitrogens with one attached hydrogen (secondary N) is 1. The maximum Gasteiger partial charge on any atom is 0.00388 e. The first-order valence-electron chi connectivity index (χ1n) is 8.58. The maximum atomic E-state index is 3.53. The van der Waals surface area contributed by atoms with Crippen LogP contribution in [0.5, 0.6) is 0 Å². The molecule has 2 nitrogen and oxygen atoms in total. The molecule has 112 valence electrons. The summed E-state index contributed by atoms with van der Waals surface area (Å²) in [6.07, 6.45) is 8.42. The van der Waals surface area contributed by atoms with Gasteiger partial charge in [0, 0.05) is 6.54 Å². The van der Waals surface area contributed by atoms with Gasteiger partial charge < -0.3 is 10.2 Å². The summed E-state index contributed by atoms with van der Waals surface area (Å²) < 4.78 is 0. The zero-order valence-corrected chi connectivity index (χ0v) is 13.4. The third-order valence-corrected chi connectivity index (χ3v) is 5.78. The van der Waals surface area contributed by atoms with Crippen LogP contribution in [0, 0.1) is 17.3 Å². The van der Waals surface area contributed by atoms with E-state index < -0.39 is 0 Å². The van der Waals surface area contributed by atoms with Gasteiger partial charge in [-0.25, -0.2) is 0 Å². The Hall–Kier alpha value is -0.0800. The summed E-state index contributed by atoms with van der Waals surface area (Å²) in [7, 11) is 0. The standard InChI is InChI=1S/C17H34N2/c1-4-17(8-10-18-11-9-17)14-19-12-5-6-16(7-13-19)15(2)3/h15-16,18H,4-14H2,1-3H3. The largest absolute Gasteiger partial charge is 0.317 e. The summed E-state index contributed by atoms with van der Waals surface area (Å²) in [6.45, 7) is 13.7. The minimum Gasteiger partial charge on any atom is -0.317 e. The van der Waals surface area contributed by atoms with Gasteiger partial charge in [0.25, 0.3) is 0 Å². The SMILES string of the molecule is CCC1(CN2CCCC(C(C)C)CC2)CCNCC1. The van der Waals surface area contributed by atoms with E-state index in [0.29, 0.717) is 5.41 Å². The van der Waals surface area contributed by atoms with Crippen LogP contribution in [-0.4, -0.2) is 37.6 Å². The first-order valence-corrected chi connectivity index (χ1v) is 8.58. The Morgan fingerprint density at radius 3 is 2.53 bits per heavy atom. The van der Waals surface area contributed by atoms with Crippen molar-refractivity contribution in [2.24, 2.45) is 17.3 Å². The van der Waals surface area contributed by atoms with Gasteiger partial charge >= 0.3 is 0 Å². The fourth-order valence-corrected chi connectivity index (χ4v) is 4.06. The van der Waals surface area contributed by atoms with Crippen molar-refractivity contribution in [3.63, 3.8) is 0 Å². The molecule has 2 heteroatoms. The van der Waals surface area contributed by atoms with Crippen molar-refractivity contribution in [3.8, 4) is 0 Å². The molecule has 0 aromatic heterocycles. The van der Waals surface area contributed by atoms with E-state index in [1.807, 2.05) is 0 Å². The van der Waals surface area contributed by atoms with E-state index >= 15 is 0 Å². The number of likely N-dealkylation sites (tertiary alicyclic amines) is 1. The number of rotatable bonds is 4. The van der Waals surface area contributed by atoms with E-state index in [0.717, 1.165) is 11.8 Å². The lowest BCUT2D eigenvalue weighted by atomic mass is 9.76. The molecule has 1 N–H and O–H groups in total. The van der Waals surface area contributed by atoms with Crippen molar-refractivity contribution in [3.05, 3.63) is 0 Å². The van der Waals surface area contributed by atoms with Gasteiger partial charge in [-0.2, -0.15) is 0 Å². The Labute approximate surface area is 120 Å². The Kier molecular flexibility index (Phi) is 5.70. The van der Waals surface area contributed by atoms with Crippen molar-refractivity contribution < 1.29 is 0 Å². The van der Waals surface area contributed by atoms with E-state index in [9.17, 15) is 0 Å². The van der Waals surface area contributed by atoms with Crippen LogP contribution in [-0.2, 0) is 0 Å². The van der Waals surface area contributed by atoms with Gasteiger partial charge in [-0.3, -0.25) is 0 Å². The molecule has 19 heavy (non-hydrogen) atoms. The van der Waals surface area contributed by atoms with Crippen molar-refractivity contribution >= 4 is 0 Å². The van der Waals surface area contributed by atoms with E-state index in [2.05, 4.69) is 31.0 Å². The average Bonchev–Trinajstić information content (AvgIpc) is 2.65. The van der Waals surface area contributed by atoms with Crippen molar-refractivity contribution in [2.75, 3.05) is 32.7 Å². The highest BCUT2D eigenvalue weighted by molar-refractivity contribution is 4.87. The van der Waals surface area contributed by atoms with E-state index in [1.165, 1.54) is 71.2 Å². The molecule has 2 saturated heterocycles. The number of hydrogen-bond donors (Lipinski definition) is 1. The number of hydrogen-bond acceptors (Lipinski definition) is 2. The molecule has 2 heterocycles. The second kappa shape index (κ2) is 7.08. The van der Waals surface area contributed by atoms with Crippen molar-refractivity contribution in [1.29, 1.82) is 0 Å². The van der Waals surface area contributed by atoms with Gasteiger partial charge in [0.05, 0.1) is 0 Å². The predicted octanol–water partition coefficient (Wildman–Crippen LogP) is 3.52. The molecule has 0 saturated carbocycles. The van der Waals surface area contributed by atoms with Crippen molar-refractivity contribution in [2.45, 2.75) is 59.3 Å². The molecule has 2 fully saturated rings. The van der Waals surface area contributed by atoms with Crippen LogP contribution < -0.4 is 5.32 Å². The summed E-state index contributed by atoms with van der Waals surface area (Å²) in [5, 5.41) is 3.53. The summed E-state index contributed by atoms with van der Waals surface area (Å²) in [5.41, 5.74) is 0.614. The van der Waals surface area contributed by atoms with E-state index in [1.54, 1.807) is 0 Å². The fourth-order valence-electron chi connectivity index (χ4n) is 4.06. The Bertz CT molecular complexity index is 256. The van der Waals surface area contributed by atoms with Gasteiger partial charge in [-0.05, 0) is 82.0 Å². The van der Waals surface area contributed by atoms with Crippen LogP contribution in [0.4, 0.5) is 0 Å². The van der Waals surface area contributed by atoms with Crippen LogP contribution >= 0.6 is 0 Å². The fraction of sp³-hybridized carbons (Fsp3) is 1.00. The molecule has 0 radical (unpaired) electrons. The minimum atomic E-state index is 0.614. The molecule has 2 aliphatic heterocycles. The smallest absolute Gasteiger partial charge is 0.00388 e. The van der Waals surface area contributed by atoms with Crippen LogP contribution in [0.15, 0.2) is 0 Å². The third-order valence-electron chi connectivity index (χ3n) is 5.78. The molecule has 2 aliphatic rings. The first kappa shape index (κ1) is 15.3. The predicted molar refractivity (Wildman–Crippen MR) is 83.4 cm³/mol. The van der Waals surface area contributed by atoms with Gasteiger partial charge in [-0.15, -0.1) is 0 Å². The molecule has 0 amide bonds. The lowest BCUT2D eigenvalue weighted by Crippen LogP contribution is -2.44. The number of piperidine rings is 1. The molecular formula is C17H34N2. The summed E-state index contributed by atoms with van der Waals surface area (Å²) in [4.78, 5) is 2.79. The third kappa shape index (κ3) is 4.19. The zero-order chi connectivity index (χ0) is 13.7. The molecule has 1 atom stereocenters. The Morgan fingerprint density at radius 1 is 1.16 bits per heavy atom. The maximum absolute atomic E-state index is 3.53. The highest BCUT2D eigenvalue weighted by atomic mass is 15.1. The second-order valence-electron chi connectivity index (χ2n) is 7.31. The highest BCUT2D eigenvalue weighted by Crippen LogP contribution is 2.34. The lowest BCUT2D eigenvalue weighted by molar-refractivity contribution is 0.107. The van der Waals surface area contributed by atoms with Gasteiger partial charge in [0.15, 0.2) is 0 Å². The average molecular weight is 266 g/mol. The molecule has 0 bridgehead atoms. The topological polar surface area (TPSA) is 15.3 Å². The Balaban J connectivity index is 1.87. The van der Waals surface area contributed by atoms with Crippen LogP contribution in [0.25, 0.3) is 0 Å². The first-order chi connectivity index (χ1) is 9.15. The van der Waals surface area contributed by atoms with Gasteiger partial charge in [0.2, 0.25) is 0 Å². The Morgan fingerprint density at radius 2 is 1.89 bits per heavy atom. The van der Waals surface area contributed by atoms with E-state index in [4.69, 9.17) is 0 Å². The number of nitrogens with zero attached hydrogens (tertiary/aromatic N) is 1. The molecule has 0 aromatic carbocycles. The zero-order valence-electron chi connectivity index (χ0n) is 13.4. The second-order valence-corrected chi connectivity index (χ2v) is 7.31. The van der Waals surface area contributed by atoms with Crippen molar-refractivity contribution in [1.82, 2.24) is 10.2 Å². The summed E-state index contributed by atoms with van der Waals surface area (Å²) >= 11 is 0. The molecule has 1 unspecified atom stereocenters. The van der Waals surface area contributed by atoms with Gasteiger partial charge in [0.1, 0.15) is 0 Å².